The zero-order chi connectivity index (χ0) is 24.0. The van der Waals surface area contributed by atoms with Crippen LogP contribution in [0.3, 0.4) is 0 Å². The van der Waals surface area contributed by atoms with E-state index in [2.05, 4.69) is 27.7 Å². The summed E-state index contributed by atoms with van der Waals surface area (Å²) in [5.41, 5.74) is -0.995. The van der Waals surface area contributed by atoms with E-state index in [1.54, 1.807) is 0 Å². The zero-order valence-corrected chi connectivity index (χ0v) is 21.0. The second-order valence-corrected chi connectivity index (χ2v) is 12.3. The number of hydrogen-bond donors (Lipinski definition) is 1. The van der Waals surface area contributed by atoms with E-state index < -0.39 is 17.1 Å². The maximum atomic E-state index is 13.7. The Morgan fingerprint density at radius 3 is 2.67 bits per heavy atom. The van der Waals surface area contributed by atoms with Crippen LogP contribution in [-0.4, -0.2) is 54.0 Å². The molecule has 9 atom stereocenters. The first kappa shape index (κ1) is 23.7. The fourth-order valence-electron chi connectivity index (χ4n) is 8.95. The molecule has 1 aliphatic heterocycles. The minimum atomic E-state index is -1.07. The molecule has 184 valence electrons. The molecule has 6 nitrogen and oxygen atoms in total. The molecule has 0 amide bonds. The second-order valence-electron chi connectivity index (χ2n) is 12.3. The fraction of sp³-hybridized carbons (Fsp3) is 0.852. The van der Waals surface area contributed by atoms with Gasteiger partial charge in [0, 0.05) is 17.3 Å². The van der Waals surface area contributed by atoms with Crippen LogP contribution in [0.4, 0.5) is 0 Å². The number of ketones is 2. The van der Waals surface area contributed by atoms with Crippen molar-refractivity contribution in [2.45, 2.75) is 97.6 Å². The molecular formula is C27H40O6. The van der Waals surface area contributed by atoms with Gasteiger partial charge in [0.25, 0.3) is 0 Å². The first-order valence-electron chi connectivity index (χ1n) is 12.7. The highest BCUT2D eigenvalue weighted by atomic mass is 16.7. The molecule has 33 heavy (non-hydrogen) atoms. The lowest BCUT2D eigenvalue weighted by Gasteiger charge is -2.67. The van der Waals surface area contributed by atoms with Crippen molar-refractivity contribution in [2.24, 2.45) is 34.0 Å². The van der Waals surface area contributed by atoms with E-state index in [1.165, 1.54) is 5.57 Å². The molecule has 0 aromatic heterocycles. The topological polar surface area (TPSA) is 82.1 Å². The van der Waals surface area contributed by atoms with Gasteiger partial charge in [-0.25, -0.2) is 0 Å². The predicted octanol–water partition coefficient (Wildman–Crippen LogP) is 3.84. The van der Waals surface area contributed by atoms with Crippen molar-refractivity contribution in [3.63, 3.8) is 0 Å². The molecule has 0 aromatic carbocycles. The maximum Gasteiger partial charge on any atom is 0.193 e. The number of Topliss-reactive ketones (excluding diaryl/α,β-unsaturated/α-hetero) is 1. The molecule has 4 aliphatic carbocycles. The average molecular weight is 461 g/mol. The molecule has 0 spiro atoms. The largest absolute Gasteiger partial charge is 0.392 e. The van der Waals surface area contributed by atoms with Crippen LogP contribution in [0.25, 0.3) is 0 Å². The molecular weight excluding hydrogens is 420 g/mol. The summed E-state index contributed by atoms with van der Waals surface area (Å²) in [6, 6.07) is 0. The van der Waals surface area contributed by atoms with E-state index in [0.29, 0.717) is 12.8 Å². The van der Waals surface area contributed by atoms with Gasteiger partial charge in [0.05, 0.1) is 18.3 Å². The number of ether oxygens (including phenoxy) is 3. The van der Waals surface area contributed by atoms with Crippen LogP contribution in [0.2, 0.25) is 0 Å². The number of aliphatic hydroxyl groups excluding tert-OH is 1. The molecule has 5 unspecified atom stereocenters. The Morgan fingerprint density at radius 2 is 1.97 bits per heavy atom. The summed E-state index contributed by atoms with van der Waals surface area (Å²) in [6.45, 7) is 12.8. The molecule has 3 saturated carbocycles. The van der Waals surface area contributed by atoms with Crippen molar-refractivity contribution in [1.82, 2.24) is 0 Å². The van der Waals surface area contributed by atoms with E-state index in [0.717, 1.165) is 19.3 Å². The summed E-state index contributed by atoms with van der Waals surface area (Å²) in [5.74, 6) is 0.824. The summed E-state index contributed by atoms with van der Waals surface area (Å²) in [6.07, 6.45) is 4.39. The molecule has 1 heterocycles. The van der Waals surface area contributed by atoms with Gasteiger partial charge < -0.3 is 19.3 Å². The summed E-state index contributed by atoms with van der Waals surface area (Å²) in [4.78, 5) is 26.0. The third-order valence-corrected chi connectivity index (χ3v) is 10.8. The minimum Gasteiger partial charge on any atom is -0.392 e. The second kappa shape index (κ2) is 7.46. The van der Waals surface area contributed by atoms with Crippen LogP contribution in [0.15, 0.2) is 11.6 Å². The van der Waals surface area contributed by atoms with Gasteiger partial charge >= 0.3 is 0 Å². The molecule has 0 bridgehead atoms. The van der Waals surface area contributed by atoms with Crippen LogP contribution in [0, 0.1) is 34.0 Å². The number of carbonyl (C=O) groups excluding carboxylic acids is 2. The lowest BCUT2D eigenvalue weighted by molar-refractivity contribution is -0.224. The van der Waals surface area contributed by atoms with Crippen molar-refractivity contribution in [2.75, 3.05) is 13.4 Å². The molecule has 5 rings (SSSR count). The summed E-state index contributed by atoms with van der Waals surface area (Å²) in [7, 11) is 0. The van der Waals surface area contributed by atoms with Gasteiger partial charge in [0.1, 0.15) is 13.4 Å². The molecule has 1 saturated heterocycles. The average Bonchev–Trinajstić information content (AvgIpc) is 3.27. The highest BCUT2D eigenvalue weighted by Crippen LogP contribution is 2.74. The van der Waals surface area contributed by atoms with Gasteiger partial charge in [-0.2, -0.15) is 0 Å². The molecule has 0 aromatic rings. The molecule has 0 radical (unpaired) electrons. The number of aliphatic hydroxyl groups is 1. The molecule has 6 heteroatoms. The van der Waals surface area contributed by atoms with Crippen molar-refractivity contribution in [3.05, 3.63) is 11.6 Å². The standard InChI is InChI=1S/C27H40O6/c1-15(2)31-13-22(30)27-23(32-14-33-27)11-19-20-9-16(3)18-10-17(28)7-8-24(18,4)26(20,6)21(29)12-25(19,27)5/h10,15-16,19-21,23,29H,7-9,11-14H2,1-6H3/t16-,19?,20?,21?,23+,24?,25?,26+,27+/m0/s1. The predicted molar refractivity (Wildman–Crippen MR) is 122 cm³/mol. The molecule has 5 aliphatic rings. The van der Waals surface area contributed by atoms with Crippen LogP contribution >= 0.6 is 0 Å². The van der Waals surface area contributed by atoms with Gasteiger partial charge in [0.15, 0.2) is 17.2 Å². The molecule has 4 fully saturated rings. The van der Waals surface area contributed by atoms with Crippen LogP contribution in [0.5, 0.6) is 0 Å². The fourth-order valence-corrected chi connectivity index (χ4v) is 8.95. The van der Waals surface area contributed by atoms with Gasteiger partial charge in [-0.05, 0) is 68.8 Å². The van der Waals surface area contributed by atoms with E-state index in [-0.39, 0.29) is 65.8 Å². The third kappa shape index (κ3) is 2.81. The Bertz CT molecular complexity index is 895. The van der Waals surface area contributed by atoms with Crippen molar-refractivity contribution in [1.29, 1.82) is 0 Å². The SMILES string of the molecule is CC(C)OCC(=O)[C@@]12OCO[C@@H]1CC1C3C[C@H](C)C4=CC(=O)CCC4(C)[C@@]3(C)C(O)CC12C. The number of allylic oxidation sites excluding steroid dienone is 1. The number of fused-ring (bicyclic) bond motifs is 7. The third-order valence-electron chi connectivity index (χ3n) is 10.8. The van der Waals surface area contributed by atoms with Gasteiger partial charge in [-0.1, -0.05) is 33.3 Å². The van der Waals surface area contributed by atoms with Gasteiger partial charge in [-0.3, -0.25) is 9.59 Å². The Morgan fingerprint density at radius 1 is 1.24 bits per heavy atom. The maximum absolute atomic E-state index is 13.7. The van der Waals surface area contributed by atoms with Crippen LogP contribution in [0.1, 0.15) is 73.6 Å². The minimum absolute atomic E-state index is 0.000974. The Kier molecular flexibility index (Phi) is 5.35. The van der Waals surface area contributed by atoms with Crippen LogP contribution in [-0.2, 0) is 23.8 Å². The Labute approximate surface area is 197 Å². The number of hydrogen-bond acceptors (Lipinski definition) is 6. The van der Waals surface area contributed by atoms with E-state index >= 15 is 0 Å². The summed E-state index contributed by atoms with van der Waals surface area (Å²) < 4.78 is 18.0. The zero-order valence-electron chi connectivity index (χ0n) is 21.0. The van der Waals surface area contributed by atoms with E-state index in [9.17, 15) is 14.7 Å². The quantitative estimate of drug-likeness (QED) is 0.686. The van der Waals surface area contributed by atoms with Crippen molar-refractivity contribution >= 4 is 11.6 Å². The molecule has 1 N–H and O–H groups in total. The van der Waals surface area contributed by atoms with Crippen molar-refractivity contribution < 1.29 is 28.9 Å². The Hall–Kier alpha value is -1.08. The lowest BCUT2D eigenvalue weighted by Crippen LogP contribution is -2.68. The normalized spacial score (nSPS) is 51.0. The first-order valence-corrected chi connectivity index (χ1v) is 12.7. The number of rotatable bonds is 4. The Balaban J connectivity index is 1.58. The summed E-state index contributed by atoms with van der Waals surface area (Å²) in [5, 5.41) is 11.9. The highest BCUT2D eigenvalue weighted by Gasteiger charge is 2.77. The van der Waals surface area contributed by atoms with Gasteiger partial charge in [0.2, 0.25) is 0 Å². The van der Waals surface area contributed by atoms with Crippen molar-refractivity contribution in [3.8, 4) is 0 Å². The van der Waals surface area contributed by atoms with E-state index in [4.69, 9.17) is 14.2 Å². The van der Waals surface area contributed by atoms with Gasteiger partial charge in [-0.15, -0.1) is 0 Å². The first-order chi connectivity index (χ1) is 15.4. The lowest BCUT2D eigenvalue weighted by atomic mass is 9.37. The smallest absolute Gasteiger partial charge is 0.193 e. The summed E-state index contributed by atoms with van der Waals surface area (Å²) >= 11 is 0. The van der Waals surface area contributed by atoms with E-state index in [1.807, 2.05) is 19.9 Å². The monoisotopic (exact) mass is 460 g/mol. The van der Waals surface area contributed by atoms with Crippen LogP contribution < -0.4 is 0 Å². The highest BCUT2D eigenvalue weighted by molar-refractivity contribution is 5.92. The number of carbonyl (C=O) groups is 2.